The molecule has 3 aromatic rings. The molecule has 0 bridgehead atoms. The summed E-state index contributed by atoms with van der Waals surface area (Å²) in [6, 6.07) is 26.0. The summed E-state index contributed by atoms with van der Waals surface area (Å²) in [7, 11) is 0. The third-order valence-corrected chi connectivity index (χ3v) is 6.95. The number of hydrogen-bond acceptors (Lipinski definition) is 2. The maximum absolute atomic E-state index is 6.19. The number of nitrogens with zero attached hydrogens (tertiary/aromatic N) is 2. The predicted molar refractivity (Wildman–Crippen MR) is 143 cm³/mol. The van der Waals surface area contributed by atoms with E-state index in [2.05, 4.69) is 23.5 Å². The largest absolute Gasteiger partial charge is 0.331 e. The van der Waals surface area contributed by atoms with Gasteiger partial charge in [0.2, 0.25) is 0 Å². The Morgan fingerprint density at radius 2 is 1.61 bits per heavy atom. The van der Waals surface area contributed by atoms with Crippen LogP contribution in [0.25, 0.3) is 6.08 Å². The lowest BCUT2D eigenvalue weighted by molar-refractivity contribution is 0.307. The van der Waals surface area contributed by atoms with Gasteiger partial charge >= 0.3 is 0 Å². The smallest absolute Gasteiger partial charge is 0.194 e. The zero-order chi connectivity index (χ0) is 22.8. The van der Waals surface area contributed by atoms with Crippen LogP contribution in [0, 0.1) is 5.92 Å². The lowest BCUT2D eigenvalue weighted by Crippen LogP contribution is -2.34. The fourth-order valence-electron chi connectivity index (χ4n) is 4.62. The monoisotopic (exact) mass is 491 g/mol. The molecule has 0 spiro atoms. The van der Waals surface area contributed by atoms with Crippen LogP contribution in [-0.4, -0.2) is 15.8 Å². The highest BCUT2D eigenvalue weighted by Crippen LogP contribution is 2.44. The second-order valence-electron chi connectivity index (χ2n) is 8.34. The summed E-state index contributed by atoms with van der Waals surface area (Å²) >= 11 is 18.1. The molecule has 3 nitrogen and oxygen atoms in total. The van der Waals surface area contributed by atoms with E-state index in [0.717, 1.165) is 51.8 Å². The second kappa shape index (κ2) is 9.68. The number of anilines is 1. The molecule has 2 aliphatic rings. The Morgan fingerprint density at radius 1 is 0.939 bits per heavy atom. The quantitative estimate of drug-likeness (QED) is 0.376. The van der Waals surface area contributed by atoms with Crippen molar-refractivity contribution in [2.75, 3.05) is 5.32 Å². The Labute approximate surface area is 209 Å². The minimum Gasteiger partial charge on any atom is -0.331 e. The average Bonchev–Trinajstić information content (AvgIpc) is 3.23. The van der Waals surface area contributed by atoms with Gasteiger partial charge in [0, 0.05) is 21.7 Å². The van der Waals surface area contributed by atoms with Crippen LogP contribution < -0.4 is 5.32 Å². The van der Waals surface area contributed by atoms with E-state index in [0.29, 0.717) is 5.11 Å². The minimum atomic E-state index is 0.0231. The van der Waals surface area contributed by atoms with Crippen molar-refractivity contribution in [2.45, 2.75) is 25.3 Å². The molecule has 33 heavy (non-hydrogen) atoms. The van der Waals surface area contributed by atoms with Gasteiger partial charge in [0.05, 0.1) is 11.8 Å². The third kappa shape index (κ3) is 4.84. The first kappa shape index (κ1) is 22.1. The molecule has 2 atom stereocenters. The van der Waals surface area contributed by atoms with Gasteiger partial charge in [-0.15, -0.1) is 0 Å². The van der Waals surface area contributed by atoms with E-state index < -0.39 is 0 Å². The summed E-state index contributed by atoms with van der Waals surface area (Å²) in [6.45, 7) is 0. The van der Waals surface area contributed by atoms with Crippen molar-refractivity contribution >= 4 is 58.0 Å². The molecule has 1 aliphatic heterocycles. The summed E-state index contributed by atoms with van der Waals surface area (Å²) in [5.41, 5.74) is 5.62. The molecule has 0 saturated heterocycles. The summed E-state index contributed by atoms with van der Waals surface area (Å²) in [4.78, 5) is 0. The zero-order valence-corrected chi connectivity index (χ0v) is 20.2. The minimum absolute atomic E-state index is 0.0231. The lowest BCUT2D eigenvalue weighted by Gasteiger charge is -2.31. The van der Waals surface area contributed by atoms with Gasteiger partial charge in [-0.2, -0.15) is 5.10 Å². The number of hydrazone groups is 1. The van der Waals surface area contributed by atoms with Crippen molar-refractivity contribution in [3.8, 4) is 0 Å². The normalized spacial score (nSPS) is 21.0. The highest BCUT2D eigenvalue weighted by molar-refractivity contribution is 7.80. The van der Waals surface area contributed by atoms with Crippen LogP contribution in [0.4, 0.5) is 5.69 Å². The summed E-state index contributed by atoms with van der Waals surface area (Å²) in [5, 5.41) is 12.5. The van der Waals surface area contributed by atoms with Gasteiger partial charge in [-0.25, -0.2) is 5.01 Å². The van der Waals surface area contributed by atoms with E-state index >= 15 is 0 Å². The zero-order valence-electron chi connectivity index (χ0n) is 17.9. The molecule has 0 aromatic heterocycles. The van der Waals surface area contributed by atoms with Crippen LogP contribution in [0.5, 0.6) is 0 Å². The molecule has 1 fully saturated rings. The highest BCUT2D eigenvalue weighted by Gasteiger charge is 2.42. The maximum atomic E-state index is 6.19. The molecule has 0 radical (unpaired) electrons. The number of rotatable bonds is 3. The SMILES string of the molecule is S=C(Nc1ccccc1)N1N=C2/C(=C/c3ccc(Cl)cc3)CCCC2C1c1ccc(Cl)cc1. The molecule has 2 unspecified atom stereocenters. The van der Waals surface area contributed by atoms with Crippen molar-refractivity contribution in [2.24, 2.45) is 11.0 Å². The van der Waals surface area contributed by atoms with Gasteiger partial charge in [0.15, 0.2) is 5.11 Å². The van der Waals surface area contributed by atoms with E-state index in [9.17, 15) is 0 Å². The number of benzene rings is 3. The van der Waals surface area contributed by atoms with Crippen LogP contribution in [0.1, 0.15) is 36.4 Å². The van der Waals surface area contributed by atoms with Crippen molar-refractivity contribution in [3.63, 3.8) is 0 Å². The molecular formula is C27H23Cl2N3S. The van der Waals surface area contributed by atoms with Crippen molar-refractivity contribution in [1.29, 1.82) is 0 Å². The molecule has 0 amide bonds. The average molecular weight is 492 g/mol. The Kier molecular flexibility index (Phi) is 6.50. The lowest BCUT2D eigenvalue weighted by atomic mass is 9.77. The molecule has 1 saturated carbocycles. The van der Waals surface area contributed by atoms with Gasteiger partial charge < -0.3 is 5.32 Å². The van der Waals surface area contributed by atoms with Crippen molar-refractivity contribution in [3.05, 3.63) is 106 Å². The van der Waals surface area contributed by atoms with Gasteiger partial charge in [0.1, 0.15) is 0 Å². The number of fused-ring (bicyclic) bond motifs is 1. The Morgan fingerprint density at radius 3 is 2.30 bits per heavy atom. The second-order valence-corrected chi connectivity index (χ2v) is 9.60. The summed E-state index contributed by atoms with van der Waals surface area (Å²) in [5.74, 6) is 0.258. The standard InChI is InChI=1S/C27H23Cl2N3S/c28-21-13-9-18(10-14-21)17-20-5-4-8-24-25(20)31-32(26(24)19-11-15-22(29)16-12-19)27(33)30-23-6-2-1-3-7-23/h1-3,6-7,9-17,24,26H,4-5,8H2,(H,30,33)/b20-17+. The predicted octanol–water partition coefficient (Wildman–Crippen LogP) is 7.99. The van der Waals surface area contributed by atoms with Crippen LogP contribution >= 0.6 is 35.4 Å². The van der Waals surface area contributed by atoms with Crippen LogP contribution in [0.15, 0.2) is 89.5 Å². The first-order valence-electron chi connectivity index (χ1n) is 11.0. The fraction of sp³-hybridized carbons (Fsp3) is 0.185. The molecule has 5 rings (SSSR count). The maximum Gasteiger partial charge on any atom is 0.194 e. The van der Waals surface area contributed by atoms with E-state index in [1.165, 1.54) is 5.57 Å². The number of halogens is 2. The van der Waals surface area contributed by atoms with Gasteiger partial charge in [-0.05, 0) is 90.7 Å². The Bertz CT molecular complexity index is 1200. The van der Waals surface area contributed by atoms with Crippen molar-refractivity contribution in [1.82, 2.24) is 5.01 Å². The number of hydrogen-bond donors (Lipinski definition) is 1. The van der Waals surface area contributed by atoms with E-state index in [1.807, 2.05) is 71.7 Å². The summed E-state index contributed by atoms with van der Waals surface area (Å²) < 4.78 is 0. The third-order valence-electron chi connectivity index (χ3n) is 6.16. The summed E-state index contributed by atoms with van der Waals surface area (Å²) in [6.07, 6.45) is 5.41. The van der Waals surface area contributed by atoms with E-state index in [4.69, 9.17) is 40.5 Å². The van der Waals surface area contributed by atoms with Gasteiger partial charge in [-0.3, -0.25) is 0 Å². The molecule has 1 aliphatic carbocycles. The number of nitrogens with one attached hydrogen (secondary N) is 1. The highest BCUT2D eigenvalue weighted by atomic mass is 35.5. The number of thiocarbonyl (C=S) groups is 1. The van der Waals surface area contributed by atoms with Crippen LogP contribution in [-0.2, 0) is 0 Å². The van der Waals surface area contributed by atoms with Gasteiger partial charge in [0.25, 0.3) is 0 Å². The molecule has 166 valence electrons. The molecule has 3 aromatic carbocycles. The molecular weight excluding hydrogens is 469 g/mol. The van der Waals surface area contributed by atoms with Crippen LogP contribution in [0.3, 0.4) is 0 Å². The number of allylic oxidation sites excluding steroid dienone is 1. The molecule has 6 heteroatoms. The van der Waals surface area contributed by atoms with E-state index in [-0.39, 0.29) is 12.0 Å². The van der Waals surface area contributed by atoms with Crippen molar-refractivity contribution < 1.29 is 0 Å². The topological polar surface area (TPSA) is 27.6 Å². The Balaban J connectivity index is 1.52. The van der Waals surface area contributed by atoms with E-state index in [1.54, 1.807) is 0 Å². The molecule has 1 heterocycles. The first-order chi connectivity index (χ1) is 16.1. The first-order valence-corrected chi connectivity index (χ1v) is 12.2. The molecule has 1 N–H and O–H groups in total. The van der Waals surface area contributed by atoms with Gasteiger partial charge in [-0.1, -0.05) is 65.7 Å². The Hall–Kier alpha value is -2.66. The fourth-order valence-corrected chi connectivity index (χ4v) is 5.15. The number of para-hydroxylation sites is 1. The van der Waals surface area contributed by atoms with Crippen LogP contribution in [0.2, 0.25) is 10.0 Å².